The number of ether oxygens (including phenoxy) is 3. The third-order valence-corrected chi connectivity index (χ3v) is 3.30. The van der Waals surface area contributed by atoms with Crippen LogP contribution in [0, 0.1) is 0 Å². The maximum Gasteiger partial charge on any atom is 0.407 e. The molecule has 1 aliphatic heterocycles. The van der Waals surface area contributed by atoms with Crippen LogP contribution in [-0.4, -0.2) is 46.5 Å². The van der Waals surface area contributed by atoms with E-state index in [9.17, 15) is 9.59 Å². The molecule has 0 saturated heterocycles. The van der Waals surface area contributed by atoms with Crippen molar-refractivity contribution in [1.29, 1.82) is 0 Å². The highest BCUT2D eigenvalue weighted by atomic mass is 16.5. The predicted molar refractivity (Wildman–Crippen MR) is 75.5 cm³/mol. The maximum absolute atomic E-state index is 11.9. The van der Waals surface area contributed by atoms with E-state index in [-0.39, 0.29) is 0 Å². The van der Waals surface area contributed by atoms with Crippen LogP contribution in [0.15, 0.2) is 18.2 Å². The summed E-state index contributed by atoms with van der Waals surface area (Å²) in [5, 5.41) is 2.45. The number of anilines is 1. The average molecular weight is 294 g/mol. The minimum Gasteiger partial charge on any atom is -0.490 e. The van der Waals surface area contributed by atoms with Crippen LogP contribution in [0.5, 0.6) is 5.75 Å². The standard InChI is InChI=1S/C14H18N2O5/c1-16-6-7-21-11-8-9(4-5-10(11)16)12(13(17)19-2)15-14(18)20-3/h4-5,8,12H,6-7H2,1-3H3,(H,15,18)/t12-/m1/s1. The number of fused-ring (bicyclic) bond motifs is 1. The second-order valence-electron chi connectivity index (χ2n) is 4.59. The van der Waals surface area contributed by atoms with Gasteiger partial charge >= 0.3 is 12.1 Å². The van der Waals surface area contributed by atoms with E-state index in [2.05, 4.69) is 15.0 Å². The molecule has 1 heterocycles. The largest absolute Gasteiger partial charge is 0.490 e. The molecule has 0 fully saturated rings. The Bertz CT molecular complexity index is 546. The van der Waals surface area contributed by atoms with Gasteiger partial charge in [0.25, 0.3) is 0 Å². The molecule has 1 amide bonds. The number of likely N-dealkylation sites (N-methyl/N-ethyl adjacent to an activating group) is 1. The molecule has 7 heteroatoms. The molecule has 0 bridgehead atoms. The van der Waals surface area contributed by atoms with Crippen molar-refractivity contribution < 1.29 is 23.8 Å². The molecule has 1 N–H and O–H groups in total. The van der Waals surface area contributed by atoms with Gasteiger partial charge in [-0.05, 0) is 17.7 Å². The van der Waals surface area contributed by atoms with Gasteiger partial charge in [0.05, 0.1) is 26.5 Å². The van der Waals surface area contributed by atoms with Crippen molar-refractivity contribution in [2.75, 3.05) is 39.3 Å². The zero-order valence-corrected chi connectivity index (χ0v) is 12.2. The van der Waals surface area contributed by atoms with Crippen LogP contribution < -0.4 is 15.0 Å². The second-order valence-corrected chi connectivity index (χ2v) is 4.59. The van der Waals surface area contributed by atoms with Crippen molar-refractivity contribution in [3.05, 3.63) is 23.8 Å². The lowest BCUT2D eigenvalue weighted by molar-refractivity contribution is -0.143. The van der Waals surface area contributed by atoms with E-state index in [0.717, 1.165) is 12.2 Å². The number of benzene rings is 1. The van der Waals surface area contributed by atoms with Crippen molar-refractivity contribution in [2.24, 2.45) is 0 Å². The Morgan fingerprint density at radius 1 is 1.33 bits per heavy atom. The Kier molecular flexibility index (Phi) is 4.52. The molecular formula is C14H18N2O5. The van der Waals surface area contributed by atoms with Crippen LogP contribution in [0.4, 0.5) is 10.5 Å². The highest BCUT2D eigenvalue weighted by Crippen LogP contribution is 2.33. The Morgan fingerprint density at radius 3 is 2.76 bits per heavy atom. The number of methoxy groups -OCH3 is 2. The van der Waals surface area contributed by atoms with Crippen molar-refractivity contribution in [3.63, 3.8) is 0 Å². The summed E-state index contributed by atoms with van der Waals surface area (Å²) in [6.45, 7) is 1.37. The quantitative estimate of drug-likeness (QED) is 0.841. The summed E-state index contributed by atoms with van der Waals surface area (Å²) in [5.74, 6) is 0.0892. The molecule has 0 aliphatic carbocycles. The first-order valence-electron chi connectivity index (χ1n) is 6.47. The van der Waals surface area contributed by atoms with Crippen LogP contribution in [0.3, 0.4) is 0 Å². The molecule has 0 radical (unpaired) electrons. The third-order valence-electron chi connectivity index (χ3n) is 3.30. The Labute approximate surface area is 122 Å². The molecule has 2 rings (SSSR count). The fourth-order valence-electron chi connectivity index (χ4n) is 2.13. The number of alkyl carbamates (subject to hydrolysis) is 1. The monoisotopic (exact) mass is 294 g/mol. The van der Waals surface area contributed by atoms with E-state index in [0.29, 0.717) is 17.9 Å². The van der Waals surface area contributed by atoms with Crippen molar-refractivity contribution in [2.45, 2.75) is 6.04 Å². The van der Waals surface area contributed by atoms with E-state index in [1.165, 1.54) is 14.2 Å². The lowest BCUT2D eigenvalue weighted by Gasteiger charge is -2.28. The molecule has 114 valence electrons. The first-order chi connectivity index (χ1) is 10.1. The van der Waals surface area contributed by atoms with Crippen LogP contribution in [0.25, 0.3) is 0 Å². The number of nitrogens with one attached hydrogen (secondary N) is 1. The highest BCUT2D eigenvalue weighted by Gasteiger charge is 2.26. The summed E-state index contributed by atoms with van der Waals surface area (Å²) in [6, 6.07) is 4.38. The number of carbonyl (C=O) groups is 2. The number of nitrogens with zero attached hydrogens (tertiary/aromatic N) is 1. The zero-order chi connectivity index (χ0) is 15.4. The Hall–Kier alpha value is -2.44. The van der Waals surface area contributed by atoms with Gasteiger partial charge in [-0.1, -0.05) is 6.07 Å². The summed E-state index contributed by atoms with van der Waals surface area (Å²) < 4.78 is 14.8. The van der Waals surface area contributed by atoms with E-state index < -0.39 is 18.1 Å². The molecule has 0 spiro atoms. The van der Waals surface area contributed by atoms with E-state index in [1.807, 2.05) is 13.1 Å². The van der Waals surface area contributed by atoms with Gasteiger partial charge in [-0.2, -0.15) is 0 Å². The Balaban J connectivity index is 2.32. The van der Waals surface area contributed by atoms with Gasteiger partial charge in [-0.25, -0.2) is 9.59 Å². The molecule has 21 heavy (non-hydrogen) atoms. The first kappa shape index (κ1) is 15.0. The number of carbonyl (C=O) groups excluding carboxylic acids is 2. The molecule has 0 aromatic heterocycles. The van der Waals surface area contributed by atoms with Crippen molar-refractivity contribution in [1.82, 2.24) is 5.32 Å². The maximum atomic E-state index is 11.9. The fraction of sp³-hybridized carbons (Fsp3) is 0.429. The number of hydrogen-bond donors (Lipinski definition) is 1. The number of hydrogen-bond acceptors (Lipinski definition) is 6. The molecule has 0 saturated carbocycles. The van der Waals surface area contributed by atoms with Crippen LogP contribution in [0.2, 0.25) is 0 Å². The lowest BCUT2D eigenvalue weighted by atomic mass is 10.1. The molecule has 0 unspecified atom stereocenters. The molecule has 1 aliphatic rings. The minimum atomic E-state index is -0.941. The number of amides is 1. The molecule has 1 aromatic rings. The van der Waals surface area contributed by atoms with Crippen LogP contribution in [-0.2, 0) is 14.3 Å². The van der Waals surface area contributed by atoms with Gasteiger partial charge in [0.2, 0.25) is 0 Å². The van der Waals surface area contributed by atoms with Gasteiger partial charge in [0, 0.05) is 7.05 Å². The molecule has 7 nitrogen and oxygen atoms in total. The summed E-state index contributed by atoms with van der Waals surface area (Å²) in [7, 11) is 4.46. The lowest BCUT2D eigenvalue weighted by Crippen LogP contribution is -2.35. The number of esters is 1. The van der Waals surface area contributed by atoms with Crippen molar-refractivity contribution >= 4 is 17.7 Å². The number of rotatable bonds is 3. The van der Waals surface area contributed by atoms with Gasteiger partial charge < -0.3 is 24.4 Å². The van der Waals surface area contributed by atoms with Gasteiger partial charge in [0.15, 0.2) is 6.04 Å². The summed E-state index contributed by atoms with van der Waals surface area (Å²) in [4.78, 5) is 25.3. The van der Waals surface area contributed by atoms with Crippen molar-refractivity contribution in [3.8, 4) is 5.75 Å². The van der Waals surface area contributed by atoms with E-state index >= 15 is 0 Å². The van der Waals surface area contributed by atoms with Gasteiger partial charge in [0.1, 0.15) is 12.4 Å². The molecule has 1 atom stereocenters. The SMILES string of the molecule is COC(=O)N[C@@H](C(=O)OC)c1ccc2c(c1)OCCN2C. The fourth-order valence-corrected chi connectivity index (χ4v) is 2.13. The molecule has 1 aromatic carbocycles. The van der Waals surface area contributed by atoms with E-state index in [1.54, 1.807) is 12.1 Å². The topological polar surface area (TPSA) is 77.1 Å². The zero-order valence-electron chi connectivity index (χ0n) is 12.2. The van der Waals surface area contributed by atoms with Crippen LogP contribution >= 0.6 is 0 Å². The minimum absolute atomic E-state index is 0.570. The van der Waals surface area contributed by atoms with Gasteiger partial charge in [-0.15, -0.1) is 0 Å². The Morgan fingerprint density at radius 2 is 2.10 bits per heavy atom. The summed E-state index contributed by atoms with van der Waals surface area (Å²) >= 11 is 0. The summed E-state index contributed by atoms with van der Waals surface area (Å²) in [5.41, 5.74) is 1.51. The van der Waals surface area contributed by atoms with Gasteiger partial charge in [-0.3, -0.25) is 0 Å². The van der Waals surface area contributed by atoms with E-state index in [4.69, 9.17) is 9.47 Å². The smallest absolute Gasteiger partial charge is 0.407 e. The third kappa shape index (κ3) is 3.18. The summed E-state index contributed by atoms with van der Waals surface area (Å²) in [6.07, 6.45) is -0.707. The first-order valence-corrected chi connectivity index (χ1v) is 6.47. The predicted octanol–water partition coefficient (Wildman–Crippen LogP) is 1.09. The van der Waals surface area contributed by atoms with Crippen LogP contribution in [0.1, 0.15) is 11.6 Å². The molecular weight excluding hydrogens is 276 g/mol. The second kappa shape index (κ2) is 6.34. The average Bonchev–Trinajstić information content (AvgIpc) is 2.51. The normalized spacial score (nSPS) is 14.5. The highest BCUT2D eigenvalue weighted by molar-refractivity contribution is 5.83.